The molecule has 0 aromatic rings. The van der Waals surface area contributed by atoms with Crippen LogP contribution < -0.4 is 0 Å². The summed E-state index contributed by atoms with van der Waals surface area (Å²) >= 11 is 0. The van der Waals surface area contributed by atoms with Gasteiger partial charge in [0.25, 0.3) is 0 Å². The van der Waals surface area contributed by atoms with E-state index in [2.05, 4.69) is 30.6 Å². The highest BCUT2D eigenvalue weighted by Gasteiger charge is 2.62. The number of alkyl halides is 1. The summed E-state index contributed by atoms with van der Waals surface area (Å²) in [7, 11) is 0. The van der Waals surface area contributed by atoms with E-state index in [1.165, 1.54) is 51.5 Å². The SMILES string of the molecule is CC(C)OC1(C2CC(CC(C)OC3(C4C(F)CN5CCCC45)CC3)N3CCCC23)CC1. The van der Waals surface area contributed by atoms with Crippen molar-refractivity contribution in [2.75, 3.05) is 19.6 Å². The van der Waals surface area contributed by atoms with Crippen LogP contribution in [-0.2, 0) is 9.47 Å². The third-order valence-electron chi connectivity index (χ3n) is 9.71. The van der Waals surface area contributed by atoms with Gasteiger partial charge in [-0.05, 0) is 98.1 Å². The molecule has 0 N–H and O–H groups in total. The molecular weight excluding hydrogens is 391 g/mol. The monoisotopic (exact) mass is 434 g/mol. The third-order valence-corrected chi connectivity index (χ3v) is 9.71. The highest BCUT2D eigenvalue weighted by Crippen LogP contribution is 2.57. The first-order valence-electron chi connectivity index (χ1n) is 13.4. The maximum atomic E-state index is 15.0. The fraction of sp³-hybridized carbons (Fsp3) is 1.00. The second-order valence-electron chi connectivity index (χ2n) is 12.2. The first kappa shape index (κ1) is 21.3. The Morgan fingerprint density at radius 2 is 1.65 bits per heavy atom. The number of fused-ring (bicyclic) bond motifs is 2. The summed E-state index contributed by atoms with van der Waals surface area (Å²) in [6, 6.07) is 1.76. The lowest BCUT2D eigenvalue weighted by Gasteiger charge is -2.34. The fourth-order valence-corrected chi connectivity index (χ4v) is 8.48. The smallest absolute Gasteiger partial charge is 0.120 e. The van der Waals surface area contributed by atoms with E-state index in [0.717, 1.165) is 25.8 Å². The normalized spacial score (nSPS) is 44.0. The summed E-state index contributed by atoms with van der Waals surface area (Å²) in [5, 5.41) is 0. The highest BCUT2D eigenvalue weighted by molar-refractivity contribution is 5.14. The summed E-state index contributed by atoms with van der Waals surface area (Å²) in [5.74, 6) is 0.809. The number of hydrogen-bond donors (Lipinski definition) is 0. The molecule has 6 fully saturated rings. The molecule has 4 heterocycles. The second-order valence-corrected chi connectivity index (χ2v) is 12.2. The van der Waals surface area contributed by atoms with Crippen molar-refractivity contribution < 1.29 is 13.9 Å². The van der Waals surface area contributed by atoms with Gasteiger partial charge in [0, 0.05) is 36.5 Å². The molecule has 0 aromatic heterocycles. The molecule has 2 aliphatic carbocycles. The lowest BCUT2D eigenvalue weighted by molar-refractivity contribution is -0.0806. The number of halogens is 1. The van der Waals surface area contributed by atoms with E-state index >= 15 is 4.39 Å². The van der Waals surface area contributed by atoms with E-state index in [1.807, 2.05) is 0 Å². The standard InChI is InChI=1S/C26H43FN2O2/c1-17(2)30-25(8-9-25)20-15-19(29-13-5-6-22(20)29)14-18(3)31-26(10-11-26)24-21(27)16-28-12-4-7-23(24)28/h17-24H,4-16H2,1-3H3. The van der Waals surface area contributed by atoms with Crippen LogP contribution >= 0.6 is 0 Å². The van der Waals surface area contributed by atoms with Gasteiger partial charge in [0.2, 0.25) is 0 Å². The minimum absolute atomic E-state index is 0.113. The minimum Gasteiger partial charge on any atom is -0.372 e. The Hall–Kier alpha value is -0.230. The zero-order valence-electron chi connectivity index (χ0n) is 19.9. The molecule has 4 saturated heterocycles. The molecule has 0 bridgehead atoms. The summed E-state index contributed by atoms with van der Waals surface area (Å²) in [5.41, 5.74) is -0.00130. The molecule has 176 valence electrons. The van der Waals surface area contributed by atoms with Gasteiger partial charge in [-0.3, -0.25) is 9.80 Å². The maximum absolute atomic E-state index is 15.0. The van der Waals surface area contributed by atoms with Gasteiger partial charge >= 0.3 is 0 Å². The van der Waals surface area contributed by atoms with E-state index in [1.54, 1.807) is 0 Å². The van der Waals surface area contributed by atoms with Gasteiger partial charge in [0.1, 0.15) is 6.17 Å². The molecule has 2 saturated carbocycles. The number of hydrogen-bond acceptors (Lipinski definition) is 4. The van der Waals surface area contributed by atoms with Gasteiger partial charge in [-0.25, -0.2) is 4.39 Å². The van der Waals surface area contributed by atoms with Gasteiger partial charge < -0.3 is 9.47 Å². The lowest BCUT2D eigenvalue weighted by Crippen LogP contribution is -2.42. The van der Waals surface area contributed by atoms with Gasteiger partial charge in [-0.2, -0.15) is 0 Å². The molecule has 0 amide bonds. The fourth-order valence-electron chi connectivity index (χ4n) is 8.48. The maximum Gasteiger partial charge on any atom is 0.120 e. The Labute approximate surface area is 188 Å². The van der Waals surface area contributed by atoms with Crippen molar-refractivity contribution in [1.82, 2.24) is 9.80 Å². The number of rotatable bonds is 8. The molecular formula is C26H43FN2O2. The van der Waals surface area contributed by atoms with Crippen LogP contribution in [-0.4, -0.2) is 77.1 Å². The summed E-state index contributed by atoms with van der Waals surface area (Å²) in [6.45, 7) is 9.63. The quantitative estimate of drug-likeness (QED) is 0.559. The van der Waals surface area contributed by atoms with Crippen molar-refractivity contribution in [3.8, 4) is 0 Å². The molecule has 4 aliphatic heterocycles. The summed E-state index contributed by atoms with van der Waals surface area (Å²) in [4.78, 5) is 5.21. The predicted octanol–water partition coefficient (Wildman–Crippen LogP) is 4.56. The second kappa shape index (κ2) is 7.65. The topological polar surface area (TPSA) is 24.9 Å². The Bertz CT molecular complexity index is 678. The van der Waals surface area contributed by atoms with Crippen LogP contribution in [0.25, 0.3) is 0 Å². The number of nitrogens with zero attached hydrogens (tertiary/aromatic N) is 2. The van der Waals surface area contributed by atoms with E-state index in [0.29, 0.717) is 36.7 Å². The average molecular weight is 435 g/mol. The summed E-state index contributed by atoms with van der Waals surface area (Å²) in [6.07, 6.45) is 11.9. The van der Waals surface area contributed by atoms with E-state index in [4.69, 9.17) is 9.47 Å². The van der Waals surface area contributed by atoms with Crippen LogP contribution in [0.3, 0.4) is 0 Å². The van der Waals surface area contributed by atoms with Gasteiger partial charge in [-0.1, -0.05) is 0 Å². The first-order valence-corrected chi connectivity index (χ1v) is 13.4. The zero-order valence-corrected chi connectivity index (χ0v) is 19.9. The first-order chi connectivity index (χ1) is 14.9. The molecule has 31 heavy (non-hydrogen) atoms. The third kappa shape index (κ3) is 3.61. The Kier molecular flexibility index (Phi) is 5.26. The van der Waals surface area contributed by atoms with Crippen molar-refractivity contribution in [2.24, 2.45) is 11.8 Å². The van der Waals surface area contributed by atoms with Crippen LogP contribution in [0.15, 0.2) is 0 Å². The van der Waals surface area contributed by atoms with Crippen LogP contribution in [0.2, 0.25) is 0 Å². The van der Waals surface area contributed by atoms with Crippen LogP contribution in [0.4, 0.5) is 4.39 Å². The Balaban J connectivity index is 1.11. The van der Waals surface area contributed by atoms with Gasteiger partial charge in [0.05, 0.1) is 23.4 Å². The van der Waals surface area contributed by atoms with Crippen molar-refractivity contribution in [3.63, 3.8) is 0 Å². The molecule has 0 radical (unpaired) electrons. The molecule has 0 spiro atoms. The van der Waals surface area contributed by atoms with E-state index in [9.17, 15) is 0 Å². The van der Waals surface area contributed by atoms with Crippen LogP contribution in [0.1, 0.15) is 85.0 Å². The summed E-state index contributed by atoms with van der Waals surface area (Å²) < 4.78 is 28.3. The van der Waals surface area contributed by atoms with Gasteiger partial charge in [-0.15, -0.1) is 0 Å². The van der Waals surface area contributed by atoms with Crippen LogP contribution in [0.5, 0.6) is 0 Å². The van der Waals surface area contributed by atoms with E-state index in [-0.39, 0.29) is 23.2 Å². The van der Waals surface area contributed by atoms with Gasteiger partial charge in [0.15, 0.2) is 0 Å². The highest BCUT2D eigenvalue weighted by atomic mass is 19.1. The molecule has 6 rings (SSSR count). The van der Waals surface area contributed by atoms with Crippen LogP contribution in [0, 0.1) is 11.8 Å². The van der Waals surface area contributed by atoms with Crippen molar-refractivity contribution in [3.05, 3.63) is 0 Å². The predicted molar refractivity (Wildman–Crippen MR) is 120 cm³/mol. The van der Waals surface area contributed by atoms with Crippen molar-refractivity contribution in [2.45, 2.75) is 133 Å². The minimum atomic E-state index is -0.693. The number of ether oxygens (including phenoxy) is 2. The van der Waals surface area contributed by atoms with E-state index < -0.39 is 6.17 Å². The molecule has 4 nitrogen and oxygen atoms in total. The molecule has 6 aliphatic rings. The largest absolute Gasteiger partial charge is 0.372 e. The molecule has 7 atom stereocenters. The van der Waals surface area contributed by atoms with Crippen molar-refractivity contribution >= 4 is 0 Å². The van der Waals surface area contributed by atoms with Crippen molar-refractivity contribution in [1.29, 1.82) is 0 Å². The average Bonchev–Trinajstić information content (AvgIpc) is 3.36. The zero-order chi connectivity index (χ0) is 21.4. The molecule has 5 heteroatoms. The lowest BCUT2D eigenvalue weighted by atomic mass is 9.87. The Morgan fingerprint density at radius 3 is 2.35 bits per heavy atom. The molecule has 0 aromatic carbocycles. The molecule has 7 unspecified atom stereocenters. The Morgan fingerprint density at radius 1 is 0.935 bits per heavy atom.